The van der Waals surface area contributed by atoms with Crippen molar-refractivity contribution in [3.8, 4) is 0 Å². The molecule has 3 nitrogen and oxygen atoms in total. The first-order valence-electron chi connectivity index (χ1n) is 6.60. The molecule has 0 radical (unpaired) electrons. The number of ether oxygens (including phenoxy) is 1. The van der Waals surface area contributed by atoms with Crippen LogP contribution in [0, 0.1) is 5.82 Å². The number of carbonyl (C=O) groups is 1. The van der Waals surface area contributed by atoms with Crippen LogP contribution in [0.5, 0.6) is 0 Å². The highest BCUT2D eigenvalue weighted by atomic mass is 35.5. The lowest BCUT2D eigenvalue weighted by Gasteiger charge is -2.27. The van der Waals surface area contributed by atoms with E-state index in [4.69, 9.17) is 16.3 Å². The summed E-state index contributed by atoms with van der Waals surface area (Å²) in [6, 6.07) is 6.08. The van der Waals surface area contributed by atoms with E-state index in [2.05, 4.69) is 0 Å². The highest BCUT2D eigenvalue weighted by Crippen LogP contribution is 2.13. The van der Waals surface area contributed by atoms with Gasteiger partial charge in [0.15, 0.2) is 0 Å². The van der Waals surface area contributed by atoms with Crippen LogP contribution in [-0.4, -0.2) is 29.0 Å². The predicted molar refractivity (Wildman–Crippen MR) is 78.4 cm³/mol. The van der Waals surface area contributed by atoms with Crippen molar-refractivity contribution in [2.24, 2.45) is 0 Å². The van der Waals surface area contributed by atoms with Crippen LogP contribution < -0.4 is 0 Å². The summed E-state index contributed by atoms with van der Waals surface area (Å²) in [6.07, 6.45) is 0.300. The van der Waals surface area contributed by atoms with E-state index in [1.54, 1.807) is 17.0 Å². The second kappa shape index (κ2) is 7.48. The average molecular weight is 302 g/mol. The molecule has 0 atom stereocenters. The van der Waals surface area contributed by atoms with Crippen LogP contribution in [0.25, 0.3) is 0 Å². The lowest BCUT2D eigenvalue weighted by Crippen LogP contribution is -2.37. The molecule has 0 heterocycles. The van der Waals surface area contributed by atoms with Crippen molar-refractivity contribution in [3.63, 3.8) is 0 Å². The number of amides is 1. The fourth-order valence-corrected chi connectivity index (χ4v) is 1.74. The molecule has 0 spiro atoms. The predicted octanol–water partition coefficient (Wildman–Crippen LogP) is 4.19. The molecule has 112 valence electrons. The first-order valence-corrected chi connectivity index (χ1v) is 7.13. The minimum Gasteiger partial charge on any atom is -0.444 e. The van der Waals surface area contributed by atoms with Gasteiger partial charge in [-0.25, -0.2) is 9.18 Å². The summed E-state index contributed by atoms with van der Waals surface area (Å²) in [7, 11) is 0. The van der Waals surface area contributed by atoms with Crippen molar-refractivity contribution in [2.45, 2.75) is 39.3 Å². The van der Waals surface area contributed by atoms with Gasteiger partial charge >= 0.3 is 6.09 Å². The van der Waals surface area contributed by atoms with Crippen molar-refractivity contribution in [1.82, 2.24) is 4.90 Å². The Morgan fingerprint density at radius 3 is 2.40 bits per heavy atom. The standard InChI is InChI=1S/C15H21ClFNO2/c1-15(2,3)20-14(19)18(10-4-9-16)11-12-5-7-13(17)8-6-12/h5-8H,4,9-11H2,1-3H3. The van der Waals surface area contributed by atoms with Gasteiger partial charge in [0.2, 0.25) is 0 Å². The zero-order chi connectivity index (χ0) is 15.2. The van der Waals surface area contributed by atoms with Crippen LogP contribution in [-0.2, 0) is 11.3 Å². The second-order valence-electron chi connectivity index (χ2n) is 5.57. The van der Waals surface area contributed by atoms with Gasteiger partial charge in [-0.2, -0.15) is 0 Å². The minimum atomic E-state index is -0.543. The maximum Gasteiger partial charge on any atom is 0.410 e. The van der Waals surface area contributed by atoms with Crippen LogP contribution in [0.15, 0.2) is 24.3 Å². The minimum absolute atomic E-state index is 0.293. The largest absolute Gasteiger partial charge is 0.444 e. The second-order valence-corrected chi connectivity index (χ2v) is 5.95. The zero-order valence-corrected chi connectivity index (χ0v) is 12.9. The lowest BCUT2D eigenvalue weighted by atomic mass is 10.2. The number of hydrogen-bond donors (Lipinski definition) is 0. The number of hydrogen-bond acceptors (Lipinski definition) is 2. The molecule has 20 heavy (non-hydrogen) atoms. The quantitative estimate of drug-likeness (QED) is 0.763. The third-order valence-electron chi connectivity index (χ3n) is 2.50. The average Bonchev–Trinajstić information content (AvgIpc) is 2.34. The molecular weight excluding hydrogens is 281 g/mol. The smallest absolute Gasteiger partial charge is 0.410 e. The van der Waals surface area contributed by atoms with Gasteiger partial charge in [0, 0.05) is 19.0 Å². The summed E-state index contributed by atoms with van der Waals surface area (Å²) in [4.78, 5) is 13.7. The molecule has 1 aromatic rings. The van der Waals surface area contributed by atoms with Gasteiger partial charge in [-0.1, -0.05) is 12.1 Å². The van der Waals surface area contributed by atoms with E-state index in [1.165, 1.54) is 12.1 Å². The molecule has 1 aromatic carbocycles. The van der Waals surface area contributed by atoms with Crippen LogP contribution in [0.1, 0.15) is 32.8 Å². The molecule has 1 rings (SSSR count). The van der Waals surface area contributed by atoms with Crippen LogP contribution in [0.2, 0.25) is 0 Å². The molecule has 0 aliphatic heterocycles. The molecule has 0 aliphatic carbocycles. The molecule has 5 heteroatoms. The number of carbonyl (C=O) groups excluding carboxylic acids is 1. The first kappa shape index (κ1) is 16.8. The van der Waals surface area contributed by atoms with Crippen molar-refractivity contribution < 1.29 is 13.9 Å². The molecule has 0 aliphatic rings. The van der Waals surface area contributed by atoms with E-state index in [0.29, 0.717) is 25.4 Å². The van der Waals surface area contributed by atoms with Crippen LogP contribution >= 0.6 is 11.6 Å². The van der Waals surface area contributed by atoms with E-state index in [-0.39, 0.29) is 11.9 Å². The van der Waals surface area contributed by atoms with Crippen molar-refractivity contribution in [3.05, 3.63) is 35.6 Å². The topological polar surface area (TPSA) is 29.5 Å². The Kier molecular flexibility index (Phi) is 6.27. The molecule has 0 saturated heterocycles. The summed E-state index contributed by atoms with van der Waals surface area (Å²) in [5.74, 6) is 0.182. The fourth-order valence-electron chi connectivity index (χ4n) is 1.62. The lowest BCUT2D eigenvalue weighted by molar-refractivity contribution is 0.0234. The highest BCUT2D eigenvalue weighted by molar-refractivity contribution is 6.17. The Hall–Kier alpha value is -1.29. The summed E-state index contributed by atoms with van der Waals surface area (Å²) < 4.78 is 18.2. The molecule has 1 amide bonds. The van der Waals surface area contributed by atoms with E-state index in [0.717, 1.165) is 5.56 Å². The Bertz CT molecular complexity index is 428. The molecule has 0 fully saturated rings. The zero-order valence-electron chi connectivity index (χ0n) is 12.2. The first-order chi connectivity index (χ1) is 9.31. The number of halogens is 2. The highest BCUT2D eigenvalue weighted by Gasteiger charge is 2.21. The maximum absolute atomic E-state index is 12.9. The summed E-state index contributed by atoms with van der Waals surface area (Å²) in [6.45, 7) is 6.36. The summed E-state index contributed by atoms with van der Waals surface area (Å²) in [5.41, 5.74) is 0.311. The molecule has 0 unspecified atom stereocenters. The van der Waals surface area contributed by atoms with Crippen molar-refractivity contribution >= 4 is 17.7 Å². The Morgan fingerprint density at radius 2 is 1.90 bits per heavy atom. The Morgan fingerprint density at radius 1 is 1.30 bits per heavy atom. The number of rotatable bonds is 5. The Balaban J connectivity index is 2.73. The number of benzene rings is 1. The molecular formula is C15H21ClFNO2. The van der Waals surface area contributed by atoms with Crippen LogP contribution in [0.4, 0.5) is 9.18 Å². The molecule has 0 aromatic heterocycles. The van der Waals surface area contributed by atoms with Crippen molar-refractivity contribution in [2.75, 3.05) is 12.4 Å². The van der Waals surface area contributed by atoms with Gasteiger partial charge < -0.3 is 9.64 Å². The SMILES string of the molecule is CC(C)(C)OC(=O)N(CCCCl)Cc1ccc(F)cc1. The van der Waals surface area contributed by atoms with Gasteiger partial charge in [-0.3, -0.25) is 0 Å². The van der Waals surface area contributed by atoms with Crippen molar-refractivity contribution in [1.29, 1.82) is 0 Å². The molecule has 0 bridgehead atoms. The maximum atomic E-state index is 12.9. The Labute approximate surface area is 124 Å². The van der Waals surface area contributed by atoms with E-state index in [9.17, 15) is 9.18 Å². The summed E-state index contributed by atoms with van der Waals surface area (Å²) in [5, 5.41) is 0. The van der Waals surface area contributed by atoms with Gasteiger partial charge in [0.1, 0.15) is 11.4 Å². The monoisotopic (exact) mass is 301 g/mol. The van der Waals surface area contributed by atoms with E-state index < -0.39 is 5.60 Å². The van der Waals surface area contributed by atoms with E-state index in [1.807, 2.05) is 20.8 Å². The summed E-state index contributed by atoms with van der Waals surface area (Å²) >= 11 is 5.68. The fraction of sp³-hybridized carbons (Fsp3) is 0.533. The molecule has 0 saturated carbocycles. The third kappa shape index (κ3) is 6.24. The van der Waals surface area contributed by atoms with Gasteiger partial charge in [-0.15, -0.1) is 11.6 Å². The van der Waals surface area contributed by atoms with Crippen LogP contribution in [0.3, 0.4) is 0 Å². The molecule has 0 N–H and O–H groups in total. The van der Waals surface area contributed by atoms with Gasteiger partial charge in [-0.05, 0) is 44.9 Å². The third-order valence-corrected chi connectivity index (χ3v) is 2.77. The van der Waals surface area contributed by atoms with E-state index >= 15 is 0 Å². The van der Waals surface area contributed by atoms with Gasteiger partial charge in [0.25, 0.3) is 0 Å². The normalized spacial score (nSPS) is 11.2. The number of nitrogens with zero attached hydrogens (tertiary/aromatic N) is 1. The number of alkyl halides is 1. The van der Waals surface area contributed by atoms with Gasteiger partial charge in [0.05, 0.1) is 0 Å².